The molecule has 1 aromatic heterocycles. The molecule has 1 aliphatic rings. The Balaban J connectivity index is 1.68. The Hall–Kier alpha value is -2.64. The second-order valence-electron chi connectivity index (χ2n) is 6.42. The molecule has 3 rings (SSSR count). The smallest absolute Gasteiger partial charge is 0.255 e. The number of primary amides is 1. The van der Waals surface area contributed by atoms with E-state index >= 15 is 0 Å². The van der Waals surface area contributed by atoms with Gasteiger partial charge >= 0.3 is 0 Å². The first-order valence-corrected chi connectivity index (χ1v) is 8.69. The van der Waals surface area contributed by atoms with E-state index in [0.717, 1.165) is 24.4 Å². The van der Waals surface area contributed by atoms with E-state index in [1.807, 2.05) is 29.8 Å². The number of nitrogens with one attached hydrogen (secondary N) is 1. The van der Waals surface area contributed by atoms with Gasteiger partial charge in [-0.15, -0.1) is 5.10 Å². The fourth-order valence-electron chi connectivity index (χ4n) is 3.22. The van der Waals surface area contributed by atoms with E-state index in [9.17, 15) is 4.79 Å². The summed E-state index contributed by atoms with van der Waals surface area (Å²) in [5, 5.41) is 15.7. The normalized spacial score (nSPS) is 16.4. The molecular weight excluding hydrogens is 320 g/mol. The summed E-state index contributed by atoms with van der Waals surface area (Å²) < 4.78 is 7.30. The summed E-state index contributed by atoms with van der Waals surface area (Å²) in [5.41, 5.74) is 5.97. The van der Waals surface area contributed by atoms with Gasteiger partial charge in [0.25, 0.3) is 5.91 Å². The lowest BCUT2D eigenvalue weighted by molar-refractivity contribution is -0.119. The Kier molecular flexibility index (Phi) is 5.47. The van der Waals surface area contributed by atoms with Crippen molar-refractivity contribution >= 4 is 11.6 Å². The zero-order valence-corrected chi connectivity index (χ0v) is 14.4. The molecule has 0 spiro atoms. The van der Waals surface area contributed by atoms with Gasteiger partial charge in [-0.3, -0.25) is 4.79 Å². The van der Waals surface area contributed by atoms with E-state index in [-0.39, 0.29) is 12.6 Å². The Bertz CT molecular complexity index is 711. The molecule has 1 amide bonds. The SMILES string of the molecule is CC(Nc1cccc(OCC(N)=O)c1)c1nnnn1C1CCCCC1. The largest absolute Gasteiger partial charge is 0.484 e. The van der Waals surface area contributed by atoms with Crippen LogP contribution in [0.3, 0.4) is 0 Å². The highest BCUT2D eigenvalue weighted by Gasteiger charge is 2.23. The minimum atomic E-state index is -0.501. The molecule has 1 aromatic carbocycles. The van der Waals surface area contributed by atoms with Crippen LogP contribution in [0.25, 0.3) is 0 Å². The van der Waals surface area contributed by atoms with Crippen LogP contribution >= 0.6 is 0 Å². The van der Waals surface area contributed by atoms with Crippen LogP contribution in [-0.2, 0) is 4.79 Å². The van der Waals surface area contributed by atoms with Gasteiger partial charge in [0.1, 0.15) is 5.75 Å². The number of nitrogens with two attached hydrogens (primary N) is 1. The highest BCUT2D eigenvalue weighted by molar-refractivity contribution is 5.75. The van der Waals surface area contributed by atoms with E-state index in [1.165, 1.54) is 19.3 Å². The molecule has 1 heterocycles. The molecule has 2 aromatic rings. The number of aromatic nitrogens is 4. The molecular formula is C17H24N6O2. The van der Waals surface area contributed by atoms with Crippen LogP contribution in [0.15, 0.2) is 24.3 Å². The molecule has 8 nitrogen and oxygen atoms in total. The maximum absolute atomic E-state index is 10.8. The van der Waals surface area contributed by atoms with Gasteiger partial charge in [0, 0.05) is 11.8 Å². The molecule has 0 radical (unpaired) electrons. The van der Waals surface area contributed by atoms with E-state index in [1.54, 1.807) is 6.07 Å². The monoisotopic (exact) mass is 344 g/mol. The first-order valence-electron chi connectivity index (χ1n) is 8.69. The first-order chi connectivity index (χ1) is 12.1. The van der Waals surface area contributed by atoms with Crippen molar-refractivity contribution in [2.45, 2.75) is 51.1 Å². The van der Waals surface area contributed by atoms with Crippen LogP contribution in [0.1, 0.15) is 56.9 Å². The summed E-state index contributed by atoms with van der Waals surface area (Å²) in [6, 6.07) is 7.73. The summed E-state index contributed by atoms with van der Waals surface area (Å²) in [7, 11) is 0. The Morgan fingerprint density at radius 1 is 1.40 bits per heavy atom. The maximum atomic E-state index is 10.8. The van der Waals surface area contributed by atoms with Crippen LogP contribution in [-0.4, -0.2) is 32.7 Å². The summed E-state index contributed by atoms with van der Waals surface area (Å²) >= 11 is 0. The number of nitrogens with zero attached hydrogens (tertiary/aromatic N) is 4. The molecule has 8 heteroatoms. The number of hydrogen-bond acceptors (Lipinski definition) is 6. The highest BCUT2D eigenvalue weighted by Crippen LogP contribution is 2.30. The first kappa shape index (κ1) is 17.2. The van der Waals surface area contributed by atoms with E-state index in [0.29, 0.717) is 11.8 Å². The van der Waals surface area contributed by atoms with Gasteiger partial charge in [-0.25, -0.2) is 4.68 Å². The van der Waals surface area contributed by atoms with Crippen LogP contribution < -0.4 is 15.8 Å². The molecule has 1 saturated carbocycles. The van der Waals surface area contributed by atoms with Crippen molar-refractivity contribution in [1.82, 2.24) is 20.2 Å². The minimum absolute atomic E-state index is 0.0525. The number of amides is 1. The van der Waals surface area contributed by atoms with Crippen molar-refractivity contribution in [3.8, 4) is 5.75 Å². The average Bonchev–Trinajstić information content (AvgIpc) is 3.11. The second kappa shape index (κ2) is 7.96. The second-order valence-corrected chi connectivity index (χ2v) is 6.42. The van der Waals surface area contributed by atoms with Crippen LogP contribution in [0, 0.1) is 0 Å². The predicted octanol–water partition coefficient (Wildman–Crippen LogP) is 2.22. The summed E-state index contributed by atoms with van der Waals surface area (Å²) in [6.45, 7) is 1.89. The van der Waals surface area contributed by atoms with Crippen LogP contribution in [0.2, 0.25) is 0 Å². The Morgan fingerprint density at radius 2 is 2.20 bits per heavy atom. The van der Waals surface area contributed by atoms with E-state index in [4.69, 9.17) is 10.5 Å². The van der Waals surface area contributed by atoms with Gasteiger partial charge in [0.15, 0.2) is 12.4 Å². The lowest BCUT2D eigenvalue weighted by atomic mass is 9.95. The summed E-state index contributed by atoms with van der Waals surface area (Å²) in [4.78, 5) is 10.8. The third-order valence-corrected chi connectivity index (χ3v) is 4.42. The number of carbonyl (C=O) groups excluding carboxylic acids is 1. The number of tetrazole rings is 1. The fraction of sp³-hybridized carbons (Fsp3) is 0.529. The molecule has 0 aliphatic heterocycles. The summed E-state index contributed by atoms with van der Waals surface area (Å²) in [5.74, 6) is 0.914. The van der Waals surface area contributed by atoms with Gasteiger partial charge in [0.05, 0.1) is 12.1 Å². The lowest BCUT2D eigenvalue weighted by Crippen LogP contribution is -2.21. The molecule has 1 unspecified atom stereocenters. The van der Waals surface area contributed by atoms with Gasteiger partial charge in [-0.1, -0.05) is 25.3 Å². The topological polar surface area (TPSA) is 108 Å². The summed E-state index contributed by atoms with van der Waals surface area (Å²) in [6.07, 6.45) is 6.00. The van der Waals surface area contributed by atoms with Gasteiger partial charge in [-0.2, -0.15) is 0 Å². The Morgan fingerprint density at radius 3 is 2.96 bits per heavy atom. The number of benzene rings is 1. The standard InChI is InChI=1S/C17H24N6O2/c1-12(17-20-21-22-23(17)14-7-3-2-4-8-14)19-13-6-5-9-15(10-13)25-11-16(18)24/h5-6,9-10,12,14,19H,2-4,7-8,11H2,1H3,(H2,18,24). The molecule has 0 saturated heterocycles. The molecule has 25 heavy (non-hydrogen) atoms. The molecule has 0 bridgehead atoms. The molecule has 1 atom stereocenters. The minimum Gasteiger partial charge on any atom is -0.484 e. The van der Waals surface area contributed by atoms with Crippen molar-refractivity contribution in [3.63, 3.8) is 0 Å². The number of hydrogen-bond donors (Lipinski definition) is 2. The van der Waals surface area contributed by atoms with Gasteiger partial charge in [-0.05, 0) is 42.3 Å². The molecule has 1 fully saturated rings. The van der Waals surface area contributed by atoms with E-state index in [2.05, 4.69) is 20.8 Å². The number of carbonyl (C=O) groups is 1. The van der Waals surface area contributed by atoms with E-state index < -0.39 is 5.91 Å². The number of anilines is 1. The van der Waals surface area contributed by atoms with Crippen molar-refractivity contribution in [1.29, 1.82) is 0 Å². The third kappa shape index (κ3) is 4.46. The van der Waals surface area contributed by atoms with Crippen LogP contribution in [0.4, 0.5) is 5.69 Å². The fourth-order valence-corrected chi connectivity index (χ4v) is 3.22. The van der Waals surface area contributed by atoms with Crippen molar-refractivity contribution in [2.75, 3.05) is 11.9 Å². The predicted molar refractivity (Wildman–Crippen MR) is 93.1 cm³/mol. The molecule has 1 aliphatic carbocycles. The zero-order chi connectivity index (χ0) is 17.6. The number of ether oxygens (including phenoxy) is 1. The molecule has 134 valence electrons. The van der Waals surface area contributed by atoms with Crippen molar-refractivity contribution in [2.24, 2.45) is 5.73 Å². The van der Waals surface area contributed by atoms with Crippen molar-refractivity contribution in [3.05, 3.63) is 30.1 Å². The zero-order valence-electron chi connectivity index (χ0n) is 14.4. The Labute approximate surface area is 146 Å². The quantitative estimate of drug-likeness (QED) is 0.797. The van der Waals surface area contributed by atoms with Gasteiger partial charge in [0.2, 0.25) is 0 Å². The van der Waals surface area contributed by atoms with Gasteiger partial charge < -0.3 is 15.8 Å². The average molecular weight is 344 g/mol. The van der Waals surface area contributed by atoms with Crippen LogP contribution in [0.5, 0.6) is 5.75 Å². The highest BCUT2D eigenvalue weighted by atomic mass is 16.5. The third-order valence-electron chi connectivity index (χ3n) is 4.42. The maximum Gasteiger partial charge on any atom is 0.255 e. The lowest BCUT2D eigenvalue weighted by Gasteiger charge is -2.24. The number of rotatable bonds is 7. The van der Waals surface area contributed by atoms with Crippen molar-refractivity contribution < 1.29 is 9.53 Å². The molecule has 3 N–H and O–H groups in total.